The highest BCUT2D eigenvalue weighted by molar-refractivity contribution is 6.30. The van der Waals surface area contributed by atoms with E-state index >= 15 is 0 Å². The summed E-state index contributed by atoms with van der Waals surface area (Å²) in [5.74, 6) is 0.286. The van der Waals surface area contributed by atoms with Crippen molar-refractivity contribution in [3.63, 3.8) is 0 Å². The highest BCUT2D eigenvalue weighted by Crippen LogP contribution is 2.26. The number of anilines is 1. The molecule has 2 heterocycles. The highest BCUT2D eigenvalue weighted by atomic mass is 35.5. The number of benzene rings is 3. The maximum absolute atomic E-state index is 13.7. The van der Waals surface area contributed by atoms with Crippen LogP contribution >= 0.6 is 11.6 Å². The van der Waals surface area contributed by atoms with Crippen molar-refractivity contribution in [3.8, 4) is 22.7 Å². The van der Waals surface area contributed by atoms with Gasteiger partial charge in [0.25, 0.3) is 5.91 Å². The molecule has 8 heteroatoms. The van der Waals surface area contributed by atoms with Crippen LogP contribution in [0, 0.1) is 5.82 Å². The molecular weight excluding hydrogens is 467 g/mol. The zero-order valence-electron chi connectivity index (χ0n) is 19.2. The average molecular weight is 491 g/mol. The first-order valence-electron chi connectivity index (χ1n) is 11.3. The lowest BCUT2D eigenvalue weighted by Gasteiger charge is -2.36. The molecule has 0 spiro atoms. The average Bonchev–Trinajstić information content (AvgIpc) is 3.34. The van der Waals surface area contributed by atoms with Crippen LogP contribution in [0.2, 0.25) is 5.02 Å². The van der Waals surface area contributed by atoms with E-state index in [4.69, 9.17) is 21.4 Å². The first-order chi connectivity index (χ1) is 17.0. The number of halogens is 2. The minimum absolute atomic E-state index is 0.104. The summed E-state index contributed by atoms with van der Waals surface area (Å²) in [6.45, 7) is 2.55. The second-order valence-electron chi connectivity index (χ2n) is 8.29. The minimum Gasteiger partial charge on any atom is -0.497 e. The van der Waals surface area contributed by atoms with Gasteiger partial charge in [0, 0.05) is 42.5 Å². The fourth-order valence-electron chi connectivity index (χ4n) is 4.22. The molecule has 0 atom stereocenters. The standard InChI is InChI=1S/C27H24ClFN4O2/c1-35-24-11-9-22(10-12-24)33-26(18-25(30-33)19-5-7-21(29)8-6-19)27(34)32-15-13-31(14-16-32)23-4-2-3-20(28)17-23/h2-12,17-18H,13-16H2,1H3. The molecule has 178 valence electrons. The van der Waals surface area contributed by atoms with Crippen molar-refractivity contribution >= 4 is 23.2 Å². The Hall–Kier alpha value is -3.84. The molecule has 0 N–H and O–H groups in total. The predicted molar refractivity (Wildman–Crippen MR) is 135 cm³/mol. The molecule has 1 saturated heterocycles. The molecule has 6 nitrogen and oxygen atoms in total. The molecule has 1 fully saturated rings. The maximum atomic E-state index is 13.7. The SMILES string of the molecule is COc1ccc(-n2nc(-c3ccc(F)cc3)cc2C(=O)N2CCN(c3cccc(Cl)c3)CC2)cc1. The smallest absolute Gasteiger partial charge is 0.272 e. The third kappa shape index (κ3) is 4.86. The zero-order chi connectivity index (χ0) is 24.4. The summed E-state index contributed by atoms with van der Waals surface area (Å²) in [4.78, 5) is 17.7. The summed E-state index contributed by atoms with van der Waals surface area (Å²) in [7, 11) is 1.60. The molecule has 0 saturated carbocycles. The van der Waals surface area contributed by atoms with Crippen LogP contribution in [0.5, 0.6) is 5.75 Å². The van der Waals surface area contributed by atoms with E-state index in [1.54, 1.807) is 30.0 Å². The number of carbonyl (C=O) groups is 1. The van der Waals surface area contributed by atoms with Crippen LogP contribution < -0.4 is 9.64 Å². The van der Waals surface area contributed by atoms with E-state index in [2.05, 4.69) is 4.90 Å². The third-order valence-electron chi connectivity index (χ3n) is 6.13. The molecule has 1 amide bonds. The number of aromatic nitrogens is 2. The van der Waals surface area contributed by atoms with Crippen molar-refractivity contribution < 1.29 is 13.9 Å². The number of amides is 1. The van der Waals surface area contributed by atoms with Gasteiger partial charge >= 0.3 is 0 Å². The summed E-state index contributed by atoms with van der Waals surface area (Å²) in [5, 5.41) is 5.40. The van der Waals surface area contributed by atoms with Gasteiger partial charge in [0.1, 0.15) is 17.3 Å². The molecular formula is C27H24ClFN4O2. The number of hydrogen-bond donors (Lipinski definition) is 0. The Kier molecular flexibility index (Phi) is 6.42. The van der Waals surface area contributed by atoms with E-state index in [1.165, 1.54) is 12.1 Å². The van der Waals surface area contributed by atoms with Gasteiger partial charge in [-0.05, 0) is 72.8 Å². The van der Waals surface area contributed by atoms with Gasteiger partial charge in [-0.2, -0.15) is 5.10 Å². The van der Waals surface area contributed by atoms with Crippen LogP contribution in [0.1, 0.15) is 10.5 Å². The lowest BCUT2D eigenvalue weighted by molar-refractivity contribution is 0.0737. The summed E-state index contributed by atoms with van der Waals surface area (Å²) in [6, 6.07) is 23.0. The van der Waals surface area contributed by atoms with Crippen molar-refractivity contribution in [1.29, 1.82) is 0 Å². The Morgan fingerprint density at radius 3 is 2.29 bits per heavy atom. The summed E-state index contributed by atoms with van der Waals surface area (Å²) in [6.07, 6.45) is 0. The third-order valence-corrected chi connectivity index (χ3v) is 6.36. The van der Waals surface area contributed by atoms with Gasteiger partial charge in [-0.1, -0.05) is 17.7 Å². The fourth-order valence-corrected chi connectivity index (χ4v) is 4.40. The van der Waals surface area contributed by atoms with Gasteiger partial charge in [-0.25, -0.2) is 9.07 Å². The number of piperazine rings is 1. The molecule has 1 aromatic heterocycles. The van der Waals surface area contributed by atoms with Crippen LogP contribution in [0.4, 0.5) is 10.1 Å². The lowest BCUT2D eigenvalue weighted by atomic mass is 10.1. The van der Waals surface area contributed by atoms with Crippen LogP contribution in [0.25, 0.3) is 16.9 Å². The number of rotatable bonds is 5. The Labute approximate surface area is 208 Å². The second-order valence-corrected chi connectivity index (χ2v) is 8.73. The molecule has 0 aliphatic carbocycles. The number of hydrogen-bond acceptors (Lipinski definition) is 4. The van der Waals surface area contributed by atoms with Gasteiger partial charge in [-0.15, -0.1) is 0 Å². The molecule has 35 heavy (non-hydrogen) atoms. The molecule has 0 bridgehead atoms. The van der Waals surface area contributed by atoms with E-state index in [9.17, 15) is 9.18 Å². The fraction of sp³-hybridized carbons (Fsp3) is 0.185. The predicted octanol–water partition coefficient (Wildman–Crippen LogP) is 5.30. The van der Waals surface area contributed by atoms with Crippen molar-refractivity contribution in [2.24, 2.45) is 0 Å². The van der Waals surface area contributed by atoms with Crippen molar-refractivity contribution in [3.05, 3.63) is 95.4 Å². The Balaban J connectivity index is 1.43. The molecule has 3 aromatic carbocycles. The summed E-state index contributed by atoms with van der Waals surface area (Å²) in [5.41, 5.74) is 3.57. The Morgan fingerprint density at radius 1 is 0.914 bits per heavy atom. The molecule has 4 aromatic rings. The van der Waals surface area contributed by atoms with Gasteiger partial charge in [0.15, 0.2) is 0 Å². The van der Waals surface area contributed by atoms with Crippen molar-refractivity contribution in [2.45, 2.75) is 0 Å². The van der Waals surface area contributed by atoms with E-state index in [1.807, 2.05) is 53.4 Å². The van der Waals surface area contributed by atoms with Crippen LogP contribution in [0.3, 0.4) is 0 Å². The van der Waals surface area contributed by atoms with Crippen LogP contribution in [-0.2, 0) is 0 Å². The first kappa shape index (κ1) is 22.9. The Morgan fingerprint density at radius 2 is 1.63 bits per heavy atom. The number of ether oxygens (including phenoxy) is 1. The largest absolute Gasteiger partial charge is 0.497 e. The monoisotopic (exact) mass is 490 g/mol. The molecule has 0 unspecified atom stereocenters. The van der Waals surface area contributed by atoms with Gasteiger partial charge < -0.3 is 14.5 Å². The lowest BCUT2D eigenvalue weighted by Crippen LogP contribution is -2.49. The van der Waals surface area contributed by atoms with Gasteiger partial charge in [0.2, 0.25) is 0 Å². The highest BCUT2D eigenvalue weighted by Gasteiger charge is 2.26. The van der Waals surface area contributed by atoms with Crippen LogP contribution in [-0.4, -0.2) is 53.9 Å². The van der Waals surface area contributed by atoms with Gasteiger partial charge in [-0.3, -0.25) is 4.79 Å². The summed E-state index contributed by atoms with van der Waals surface area (Å²) >= 11 is 6.15. The molecule has 1 aliphatic rings. The Bertz CT molecular complexity index is 1330. The zero-order valence-corrected chi connectivity index (χ0v) is 20.0. The van der Waals surface area contributed by atoms with Crippen molar-refractivity contribution in [1.82, 2.24) is 14.7 Å². The summed E-state index contributed by atoms with van der Waals surface area (Å²) < 4.78 is 20.4. The van der Waals surface area contributed by atoms with Crippen molar-refractivity contribution in [2.75, 3.05) is 38.2 Å². The maximum Gasteiger partial charge on any atom is 0.272 e. The normalized spacial score (nSPS) is 13.7. The number of methoxy groups -OCH3 is 1. The van der Waals surface area contributed by atoms with E-state index < -0.39 is 0 Å². The minimum atomic E-state index is -0.322. The quantitative estimate of drug-likeness (QED) is 0.381. The number of carbonyl (C=O) groups excluding carboxylic acids is 1. The molecule has 0 radical (unpaired) electrons. The van der Waals surface area contributed by atoms with Crippen LogP contribution in [0.15, 0.2) is 78.9 Å². The van der Waals surface area contributed by atoms with E-state index in [0.717, 1.165) is 16.9 Å². The van der Waals surface area contributed by atoms with E-state index in [-0.39, 0.29) is 11.7 Å². The number of nitrogens with zero attached hydrogens (tertiary/aromatic N) is 4. The molecule has 5 rings (SSSR count). The van der Waals surface area contributed by atoms with Gasteiger partial charge in [0.05, 0.1) is 18.5 Å². The second kappa shape index (κ2) is 9.80. The topological polar surface area (TPSA) is 50.6 Å². The van der Waals surface area contributed by atoms with E-state index in [0.29, 0.717) is 48.3 Å². The first-order valence-corrected chi connectivity index (χ1v) is 11.7. The molecule has 1 aliphatic heterocycles.